The Balaban J connectivity index is 2.18. The highest BCUT2D eigenvalue weighted by Crippen LogP contribution is 2.21. The molecule has 0 bridgehead atoms. The first-order valence-corrected chi connectivity index (χ1v) is 7.08. The van der Waals surface area contributed by atoms with Crippen LogP contribution in [-0.2, 0) is 4.79 Å². The van der Waals surface area contributed by atoms with Gasteiger partial charge in [-0.1, -0.05) is 30.3 Å². The molecular weight excluding hydrogens is 330 g/mol. The van der Waals surface area contributed by atoms with E-state index in [1.165, 1.54) is 11.3 Å². The van der Waals surface area contributed by atoms with Crippen LogP contribution in [0.2, 0.25) is 0 Å². The van der Waals surface area contributed by atoms with E-state index in [4.69, 9.17) is 0 Å². The van der Waals surface area contributed by atoms with E-state index in [2.05, 4.69) is 21.2 Å². The van der Waals surface area contributed by atoms with E-state index in [9.17, 15) is 14.7 Å². The second-order valence-corrected chi connectivity index (χ2v) is 6.09. The number of hydrogen-bond acceptors (Lipinski definition) is 3. The largest absolute Gasteiger partial charge is 0.479 e. The molecule has 0 aliphatic carbocycles. The van der Waals surface area contributed by atoms with Crippen LogP contribution < -0.4 is 5.32 Å². The molecule has 1 aromatic carbocycles. The molecule has 2 rings (SSSR count). The van der Waals surface area contributed by atoms with Crippen LogP contribution in [0.5, 0.6) is 0 Å². The van der Waals surface area contributed by atoms with Gasteiger partial charge in [0.2, 0.25) is 0 Å². The standard InChI is InChI=1S/C13H10BrNO3S/c14-10-6-9(7-19-10)12(16)15-11(13(17)18)8-4-2-1-3-5-8/h1-7,11H,(H,15,16)(H,17,18)/t11-/m1/s1. The molecule has 19 heavy (non-hydrogen) atoms. The minimum Gasteiger partial charge on any atom is -0.479 e. The number of nitrogens with one attached hydrogen (secondary N) is 1. The fraction of sp³-hybridized carbons (Fsp3) is 0.0769. The van der Waals surface area contributed by atoms with Crippen molar-refractivity contribution in [3.8, 4) is 0 Å². The molecule has 0 aliphatic heterocycles. The third kappa shape index (κ3) is 3.42. The van der Waals surface area contributed by atoms with Crippen LogP contribution in [0, 0.1) is 0 Å². The number of hydrogen-bond donors (Lipinski definition) is 2. The topological polar surface area (TPSA) is 66.4 Å². The Morgan fingerprint density at radius 3 is 2.47 bits per heavy atom. The van der Waals surface area contributed by atoms with Gasteiger partial charge in [-0.2, -0.15) is 0 Å². The van der Waals surface area contributed by atoms with Gasteiger partial charge in [0.05, 0.1) is 9.35 Å². The third-order valence-corrected chi connectivity index (χ3v) is 3.99. The summed E-state index contributed by atoms with van der Waals surface area (Å²) in [4.78, 5) is 23.2. The van der Waals surface area contributed by atoms with Crippen LogP contribution in [-0.4, -0.2) is 17.0 Å². The number of carboxylic acids is 1. The summed E-state index contributed by atoms with van der Waals surface area (Å²) in [6, 6.07) is 9.21. The van der Waals surface area contributed by atoms with Crippen LogP contribution in [0.3, 0.4) is 0 Å². The fourth-order valence-corrected chi connectivity index (χ4v) is 2.71. The third-order valence-electron chi connectivity index (χ3n) is 2.48. The summed E-state index contributed by atoms with van der Waals surface area (Å²) in [6.45, 7) is 0. The van der Waals surface area contributed by atoms with Crippen molar-refractivity contribution in [3.63, 3.8) is 0 Å². The molecule has 2 aromatic rings. The smallest absolute Gasteiger partial charge is 0.330 e. The Morgan fingerprint density at radius 2 is 1.95 bits per heavy atom. The van der Waals surface area contributed by atoms with Gasteiger partial charge < -0.3 is 10.4 Å². The van der Waals surface area contributed by atoms with Crippen LogP contribution in [0.4, 0.5) is 0 Å². The summed E-state index contributed by atoms with van der Waals surface area (Å²) in [5, 5.41) is 13.4. The van der Waals surface area contributed by atoms with Gasteiger partial charge in [0.25, 0.3) is 5.91 Å². The normalized spacial score (nSPS) is 11.8. The highest BCUT2D eigenvalue weighted by molar-refractivity contribution is 9.11. The number of carboxylic acid groups (broad SMARTS) is 1. The molecule has 4 nitrogen and oxygen atoms in total. The Hall–Kier alpha value is -1.66. The van der Waals surface area contributed by atoms with Gasteiger partial charge in [-0.3, -0.25) is 4.79 Å². The van der Waals surface area contributed by atoms with Crippen molar-refractivity contribution < 1.29 is 14.7 Å². The van der Waals surface area contributed by atoms with Crippen molar-refractivity contribution in [2.24, 2.45) is 0 Å². The van der Waals surface area contributed by atoms with Crippen molar-refractivity contribution in [2.75, 3.05) is 0 Å². The quantitative estimate of drug-likeness (QED) is 0.899. The molecule has 1 atom stereocenters. The zero-order valence-corrected chi connectivity index (χ0v) is 12.1. The maximum atomic E-state index is 12.0. The first kappa shape index (κ1) is 13.8. The van der Waals surface area contributed by atoms with Gasteiger partial charge in [-0.05, 0) is 27.6 Å². The number of carbonyl (C=O) groups is 2. The van der Waals surface area contributed by atoms with Crippen molar-refractivity contribution in [1.29, 1.82) is 0 Å². The van der Waals surface area contributed by atoms with Crippen LogP contribution in [0.1, 0.15) is 22.0 Å². The van der Waals surface area contributed by atoms with E-state index >= 15 is 0 Å². The number of carbonyl (C=O) groups excluding carboxylic acids is 1. The van der Waals surface area contributed by atoms with E-state index in [0.29, 0.717) is 11.1 Å². The van der Waals surface area contributed by atoms with E-state index in [-0.39, 0.29) is 0 Å². The summed E-state index contributed by atoms with van der Waals surface area (Å²) in [5.41, 5.74) is 0.983. The fourth-order valence-electron chi connectivity index (χ4n) is 1.58. The number of thiophene rings is 1. The van der Waals surface area contributed by atoms with Crippen molar-refractivity contribution >= 4 is 39.1 Å². The van der Waals surface area contributed by atoms with Gasteiger partial charge in [-0.15, -0.1) is 11.3 Å². The van der Waals surface area contributed by atoms with Gasteiger partial charge in [0, 0.05) is 5.38 Å². The molecule has 98 valence electrons. The first-order chi connectivity index (χ1) is 9.08. The van der Waals surface area contributed by atoms with Gasteiger partial charge in [0.1, 0.15) is 0 Å². The molecule has 0 radical (unpaired) electrons. The Morgan fingerprint density at radius 1 is 1.26 bits per heavy atom. The van der Waals surface area contributed by atoms with Crippen molar-refractivity contribution in [3.05, 3.63) is 56.7 Å². The summed E-state index contributed by atoms with van der Waals surface area (Å²) in [6.07, 6.45) is 0. The van der Waals surface area contributed by atoms with Crippen molar-refractivity contribution in [1.82, 2.24) is 5.32 Å². The molecule has 1 amide bonds. The second-order valence-electron chi connectivity index (χ2n) is 3.79. The molecule has 2 N–H and O–H groups in total. The number of halogens is 1. The lowest BCUT2D eigenvalue weighted by atomic mass is 10.1. The maximum Gasteiger partial charge on any atom is 0.330 e. The summed E-state index contributed by atoms with van der Waals surface area (Å²) in [5.74, 6) is -1.49. The van der Waals surface area contributed by atoms with E-state index in [1.54, 1.807) is 41.8 Å². The predicted octanol–water partition coefficient (Wildman–Crippen LogP) is 3.07. The van der Waals surface area contributed by atoms with E-state index in [0.717, 1.165) is 3.79 Å². The Labute approximate surface area is 122 Å². The molecule has 0 saturated heterocycles. The molecule has 0 spiro atoms. The molecule has 0 fully saturated rings. The highest BCUT2D eigenvalue weighted by Gasteiger charge is 2.22. The number of aliphatic carboxylic acids is 1. The predicted molar refractivity (Wildman–Crippen MR) is 76.3 cm³/mol. The van der Waals surface area contributed by atoms with E-state index < -0.39 is 17.9 Å². The lowest BCUT2D eigenvalue weighted by Gasteiger charge is -2.14. The molecule has 1 heterocycles. The monoisotopic (exact) mass is 339 g/mol. The average Bonchev–Trinajstić information content (AvgIpc) is 2.83. The SMILES string of the molecule is O=C(N[C@@H](C(=O)O)c1ccccc1)c1csc(Br)c1. The lowest BCUT2D eigenvalue weighted by molar-refractivity contribution is -0.139. The second kappa shape index (κ2) is 5.99. The van der Waals surface area contributed by atoms with Crippen LogP contribution >= 0.6 is 27.3 Å². The molecule has 1 aromatic heterocycles. The number of rotatable bonds is 4. The molecule has 6 heteroatoms. The van der Waals surface area contributed by atoms with Gasteiger partial charge >= 0.3 is 5.97 Å². The molecule has 0 unspecified atom stereocenters. The zero-order valence-electron chi connectivity index (χ0n) is 9.67. The highest BCUT2D eigenvalue weighted by atomic mass is 79.9. The number of benzene rings is 1. The Kier molecular flexibility index (Phi) is 4.34. The molecule has 0 saturated carbocycles. The van der Waals surface area contributed by atoms with Crippen LogP contribution in [0.25, 0.3) is 0 Å². The summed E-state index contributed by atoms with van der Waals surface area (Å²) in [7, 11) is 0. The first-order valence-electron chi connectivity index (χ1n) is 5.40. The minimum atomic E-state index is -1.09. The summed E-state index contributed by atoms with van der Waals surface area (Å²) >= 11 is 4.64. The van der Waals surface area contributed by atoms with Gasteiger partial charge in [0.15, 0.2) is 6.04 Å². The maximum absolute atomic E-state index is 12.0. The van der Waals surface area contributed by atoms with E-state index in [1.807, 2.05) is 0 Å². The average molecular weight is 340 g/mol. The Bertz CT molecular complexity index is 597. The minimum absolute atomic E-state index is 0.404. The lowest BCUT2D eigenvalue weighted by Crippen LogP contribution is -2.33. The number of amides is 1. The van der Waals surface area contributed by atoms with Crippen LogP contribution in [0.15, 0.2) is 45.6 Å². The molecular formula is C13H10BrNO3S. The summed E-state index contributed by atoms with van der Waals surface area (Å²) < 4.78 is 0.823. The zero-order chi connectivity index (χ0) is 13.8. The molecule has 0 aliphatic rings. The van der Waals surface area contributed by atoms with Gasteiger partial charge in [-0.25, -0.2) is 4.79 Å². The van der Waals surface area contributed by atoms with Crippen molar-refractivity contribution in [2.45, 2.75) is 6.04 Å².